The maximum absolute atomic E-state index is 11.6. The van der Waals surface area contributed by atoms with Crippen LogP contribution in [-0.4, -0.2) is 27.8 Å². The van der Waals surface area contributed by atoms with Gasteiger partial charge in [0.1, 0.15) is 10.6 Å². The van der Waals surface area contributed by atoms with Gasteiger partial charge in [-0.1, -0.05) is 12.2 Å². The second-order valence-electron chi connectivity index (χ2n) is 4.93. The van der Waals surface area contributed by atoms with Crippen LogP contribution < -0.4 is 8.92 Å². The lowest BCUT2D eigenvalue weighted by Crippen LogP contribution is -2.01. The first-order valence-electron chi connectivity index (χ1n) is 7.11. The van der Waals surface area contributed by atoms with Crippen molar-refractivity contribution in [2.75, 3.05) is 0 Å². The lowest BCUT2D eigenvalue weighted by molar-refractivity contribution is 0.457. The molecule has 0 fully saturated rings. The summed E-state index contributed by atoms with van der Waals surface area (Å²) >= 11 is -2.67. The fourth-order valence-corrected chi connectivity index (χ4v) is 3.10. The average molecular weight is 422 g/mol. The molecule has 0 radical (unpaired) electrons. The molecular formula is C16H10N2O8S2. The maximum atomic E-state index is 11.6. The third-order valence-electron chi connectivity index (χ3n) is 3.20. The summed E-state index contributed by atoms with van der Waals surface area (Å²) < 4.78 is 61.7. The highest BCUT2D eigenvalue weighted by atomic mass is 32.2. The van der Waals surface area contributed by atoms with Gasteiger partial charge >= 0.3 is 11.4 Å². The lowest BCUT2D eigenvalue weighted by Gasteiger charge is -2.07. The molecule has 0 aliphatic rings. The van der Waals surface area contributed by atoms with Crippen molar-refractivity contribution in [1.82, 2.24) is 0 Å². The monoisotopic (exact) mass is 422 g/mol. The zero-order valence-electron chi connectivity index (χ0n) is 13.7. The van der Waals surface area contributed by atoms with Gasteiger partial charge in [0.05, 0.1) is 5.69 Å². The first-order chi connectivity index (χ1) is 13.2. The molecule has 0 aliphatic carbocycles. The summed E-state index contributed by atoms with van der Waals surface area (Å²) in [6, 6.07) is 7.54. The molecule has 2 N–H and O–H groups in total. The van der Waals surface area contributed by atoms with E-state index in [0.717, 1.165) is 6.07 Å². The number of nitrogens with zero attached hydrogens (tertiary/aromatic N) is 2. The number of aliphatic imine (C=N–C) groups is 1. The van der Waals surface area contributed by atoms with Crippen LogP contribution in [-0.2, 0) is 26.3 Å². The third-order valence-corrected chi connectivity index (χ3v) is 4.43. The summed E-state index contributed by atoms with van der Waals surface area (Å²) in [5, 5.41) is 8.51. The Morgan fingerprint density at radius 2 is 1.82 bits per heavy atom. The van der Waals surface area contributed by atoms with Gasteiger partial charge in [-0.25, -0.2) is 4.79 Å². The van der Waals surface area contributed by atoms with Gasteiger partial charge in [0, 0.05) is 17.7 Å². The molecule has 2 aromatic rings. The molecule has 1 unspecified atom stereocenters. The molecule has 0 aliphatic heterocycles. The van der Waals surface area contributed by atoms with Crippen LogP contribution in [0.15, 0.2) is 46.3 Å². The van der Waals surface area contributed by atoms with E-state index in [2.05, 4.69) is 9.73 Å². The van der Waals surface area contributed by atoms with E-state index in [4.69, 9.17) is 14.0 Å². The zero-order chi connectivity index (χ0) is 20.7. The van der Waals surface area contributed by atoms with E-state index in [0.29, 0.717) is 0 Å². The van der Waals surface area contributed by atoms with Gasteiger partial charge in [-0.2, -0.15) is 17.6 Å². The summed E-state index contributed by atoms with van der Waals surface area (Å²) in [6.07, 6.45) is 5.32. The molecule has 0 heterocycles. The molecule has 0 spiro atoms. The quantitative estimate of drug-likeness (QED) is 0.170. The van der Waals surface area contributed by atoms with Gasteiger partial charge in [-0.15, -0.1) is 5.26 Å². The average Bonchev–Trinajstić information content (AvgIpc) is 2.61. The summed E-state index contributed by atoms with van der Waals surface area (Å²) in [4.78, 5) is 13.2. The normalized spacial score (nSPS) is 12.0. The van der Waals surface area contributed by atoms with Crippen molar-refractivity contribution in [2.45, 2.75) is 4.90 Å². The summed E-state index contributed by atoms with van der Waals surface area (Å²) in [5.41, 5.74) is 0.397. The highest BCUT2D eigenvalue weighted by Gasteiger charge is 2.16. The third kappa shape index (κ3) is 5.58. The molecule has 0 amide bonds. The minimum absolute atomic E-state index is 0.0406. The van der Waals surface area contributed by atoms with E-state index in [9.17, 15) is 22.0 Å². The summed E-state index contributed by atoms with van der Waals surface area (Å²) in [6.45, 7) is 0. The van der Waals surface area contributed by atoms with Crippen LogP contribution in [0.3, 0.4) is 0 Å². The number of hydrogen-bond donors (Lipinski definition) is 2. The molecule has 2 aromatic carbocycles. The molecule has 28 heavy (non-hydrogen) atoms. The van der Waals surface area contributed by atoms with Crippen LogP contribution in [0.1, 0.15) is 11.1 Å². The number of rotatable bonds is 7. The van der Waals surface area contributed by atoms with Crippen molar-refractivity contribution in [3.05, 3.63) is 47.5 Å². The van der Waals surface area contributed by atoms with Gasteiger partial charge in [-0.05, 0) is 29.8 Å². The van der Waals surface area contributed by atoms with Gasteiger partial charge in [-0.3, -0.25) is 9.11 Å². The number of ether oxygens (including phenoxy) is 1. The Labute approximate surface area is 161 Å². The van der Waals surface area contributed by atoms with Gasteiger partial charge in [0.15, 0.2) is 5.75 Å². The van der Waals surface area contributed by atoms with Gasteiger partial charge < -0.3 is 8.92 Å². The lowest BCUT2D eigenvalue weighted by atomic mass is 10.1. The topological polar surface area (TPSA) is 163 Å². The van der Waals surface area contributed by atoms with Crippen molar-refractivity contribution in [3.8, 4) is 17.8 Å². The molecule has 10 nitrogen and oxygen atoms in total. The van der Waals surface area contributed by atoms with Crippen LogP contribution in [0.4, 0.5) is 5.69 Å². The number of isocyanates is 1. The first-order valence-corrected chi connectivity index (χ1v) is 9.58. The Balaban J connectivity index is 2.52. The zero-order valence-corrected chi connectivity index (χ0v) is 15.3. The minimum Gasteiger partial charge on any atom is -0.388 e. The van der Waals surface area contributed by atoms with Crippen LogP contribution in [0.25, 0.3) is 12.2 Å². The van der Waals surface area contributed by atoms with E-state index in [-0.39, 0.29) is 28.3 Å². The summed E-state index contributed by atoms with van der Waals surface area (Å²) in [7, 11) is -4.64. The second-order valence-corrected chi connectivity index (χ2v) is 6.92. The number of hydrogen-bond acceptors (Lipinski definition) is 8. The first kappa shape index (κ1) is 21.0. The molecule has 2 rings (SSSR count). The fourth-order valence-electron chi connectivity index (χ4n) is 2.10. The van der Waals surface area contributed by atoms with Crippen molar-refractivity contribution in [2.24, 2.45) is 4.99 Å². The second kappa shape index (κ2) is 9.05. The number of carbonyl (C=O) groups excluding carboxylic acids is 1. The van der Waals surface area contributed by atoms with Crippen LogP contribution in [0, 0.1) is 11.5 Å². The molecule has 1 atom stereocenters. The Morgan fingerprint density at radius 3 is 2.43 bits per heavy atom. The summed E-state index contributed by atoms with van der Waals surface area (Å²) in [5.74, 6) is -0.213. The fraction of sp³-hybridized carbons (Fsp3) is 0. The van der Waals surface area contributed by atoms with Gasteiger partial charge in [0.25, 0.3) is 16.4 Å². The SMILES string of the molecule is N#COc1ccc(/C=C/c2ccc(N=C=O)cc2OS(=O)O)c(S(=O)(=O)O)c1. The number of nitriles is 1. The Morgan fingerprint density at radius 1 is 1.14 bits per heavy atom. The molecule has 0 aromatic heterocycles. The predicted octanol–water partition coefficient (Wildman–Crippen LogP) is 2.45. The van der Waals surface area contributed by atoms with Crippen LogP contribution in [0.2, 0.25) is 0 Å². The van der Waals surface area contributed by atoms with Crippen molar-refractivity contribution in [1.29, 1.82) is 5.26 Å². The van der Waals surface area contributed by atoms with Crippen molar-refractivity contribution < 1.29 is 35.4 Å². The Bertz CT molecular complexity index is 1150. The standard InChI is InChI=1S/C16H10N2O8S2/c17-9-25-14-6-4-12(16(8-14)28(22,23)24)2-1-11-3-5-13(18-10-19)7-15(11)26-27(20)21/h1-8H,(H,20,21)(H,22,23,24)/b2-1+. The van der Waals surface area contributed by atoms with E-state index >= 15 is 0 Å². The molecular weight excluding hydrogens is 412 g/mol. The van der Waals surface area contributed by atoms with Gasteiger partial charge in [0.2, 0.25) is 6.08 Å². The molecule has 144 valence electrons. The predicted molar refractivity (Wildman–Crippen MR) is 97.0 cm³/mol. The Hall–Kier alpha value is -3.33. The van der Waals surface area contributed by atoms with E-state index in [1.165, 1.54) is 54.8 Å². The van der Waals surface area contributed by atoms with E-state index in [1.54, 1.807) is 0 Å². The van der Waals surface area contributed by atoms with Crippen molar-refractivity contribution >= 4 is 45.4 Å². The highest BCUT2D eigenvalue weighted by molar-refractivity contribution is 7.86. The maximum Gasteiger partial charge on any atom is 0.357 e. The highest BCUT2D eigenvalue weighted by Crippen LogP contribution is 2.29. The largest absolute Gasteiger partial charge is 0.388 e. The van der Waals surface area contributed by atoms with E-state index in [1.807, 2.05) is 0 Å². The molecule has 0 bridgehead atoms. The molecule has 12 heteroatoms. The molecule has 0 saturated heterocycles. The van der Waals surface area contributed by atoms with Crippen LogP contribution >= 0.6 is 0 Å². The smallest absolute Gasteiger partial charge is 0.357 e. The van der Waals surface area contributed by atoms with Crippen molar-refractivity contribution in [3.63, 3.8) is 0 Å². The molecule has 0 saturated carbocycles. The van der Waals surface area contributed by atoms with E-state index < -0.39 is 26.4 Å². The number of benzene rings is 2. The Kier molecular flexibility index (Phi) is 6.78. The minimum atomic E-state index is -4.64. The van der Waals surface area contributed by atoms with Crippen LogP contribution in [0.5, 0.6) is 11.5 Å².